The van der Waals surface area contributed by atoms with E-state index in [-0.39, 0.29) is 37.2 Å². The molecule has 3 fully saturated rings. The number of rotatable bonds is 9. The number of alkyl halides is 3. The topological polar surface area (TPSA) is 103 Å². The first-order valence-electron chi connectivity index (χ1n) is 17.9. The number of piperidine rings is 1. The number of likely N-dealkylation sites (tertiary alicyclic amines) is 1. The van der Waals surface area contributed by atoms with Crippen molar-refractivity contribution >= 4 is 52.3 Å². The van der Waals surface area contributed by atoms with E-state index in [0.29, 0.717) is 13.2 Å². The molecule has 0 aliphatic carbocycles. The lowest BCUT2D eigenvalue weighted by molar-refractivity contribution is -0.276. The van der Waals surface area contributed by atoms with Gasteiger partial charge < -0.3 is 35.0 Å². The fourth-order valence-electron chi connectivity index (χ4n) is 7.77. The van der Waals surface area contributed by atoms with Gasteiger partial charge in [0.05, 0.1) is 25.5 Å². The van der Waals surface area contributed by atoms with Gasteiger partial charge in [0, 0.05) is 43.3 Å². The molecule has 9 nitrogen and oxygen atoms in total. The largest absolute Gasteiger partial charge is 0.392 e. The van der Waals surface area contributed by atoms with Gasteiger partial charge in [-0.25, -0.2) is 0 Å². The number of ether oxygens (including phenoxy) is 2. The van der Waals surface area contributed by atoms with Crippen LogP contribution in [0.2, 0.25) is 0 Å². The second-order valence-electron chi connectivity index (χ2n) is 14.0. The number of benzene rings is 4. The molecule has 3 saturated heterocycles. The third-order valence-electron chi connectivity index (χ3n) is 10.9. The lowest BCUT2D eigenvalue weighted by atomic mass is 9.84. The Balaban J connectivity index is 1.09. The third-order valence-corrected chi connectivity index (χ3v) is 11.4. The number of nitrogens with one attached hydrogen (secondary N) is 2. The Kier molecular flexibility index (Phi) is 11.3. The standard InChI is InChI=1S/C41H43Cl3N4O5/c1-27-35(24-47-21-19-40(20-22-47)38(50)46-26-48(40)33-8-3-2-4-9-33)52-37(53-36(27)30-13-11-28(25-49)12-14-30)31-17-15-29(16-18-31)34-10-6-5-7-32(34)23-45-39(51)41(42,43)44/h2-18,27,35-37,49H,19-26H2,1H3,(H,45,51)(H,46,50). The molecule has 1 spiro atoms. The van der Waals surface area contributed by atoms with Gasteiger partial charge in [-0.05, 0) is 52.8 Å². The fourth-order valence-corrected chi connectivity index (χ4v) is 7.97. The molecule has 4 aromatic carbocycles. The van der Waals surface area contributed by atoms with Crippen molar-refractivity contribution < 1.29 is 24.2 Å². The second kappa shape index (κ2) is 16.0. The number of nitrogens with zero attached hydrogens (tertiary/aromatic N) is 2. The monoisotopic (exact) mass is 776 g/mol. The van der Waals surface area contributed by atoms with E-state index < -0.39 is 21.5 Å². The van der Waals surface area contributed by atoms with Gasteiger partial charge in [-0.15, -0.1) is 0 Å². The molecule has 0 saturated carbocycles. The highest BCUT2D eigenvalue weighted by Gasteiger charge is 2.51. The van der Waals surface area contributed by atoms with E-state index in [0.717, 1.165) is 65.0 Å². The zero-order chi connectivity index (χ0) is 37.2. The van der Waals surface area contributed by atoms with Crippen LogP contribution in [0.5, 0.6) is 0 Å². The first-order chi connectivity index (χ1) is 25.6. The van der Waals surface area contributed by atoms with Crippen LogP contribution in [-0.2, 0) is 32.2 Å². The SMILES string of the molecule is CC1C(CN2CCC3(CC2)C(=O)NCN3c2ccccc2)OC(c2ccc(-c3ccccc3CNC(=O)C(Cl)(Cl)Cl)cc2)OC1c1ccc(CO)cc1. The number of carbonyl (C=O) groups is 2. The lowest BCUT2D eigenvalue weighted by Crippen LogP contribution is -2.57. The molecular formula is C41H43Cl3N4O5. The van der Waals surface area contributed by atoms with Crippen molar-refractivity contribution in [3.63, 3.8) is 0 Å². The zero-order valence-electron chi connectivity index (χ0n) is 29.4. The minimum absolute atomic E-state index is 0.0202. The van der Waals surface area contributed by atoms with E-state index >= 15 is 0 Å². The number of amides is 2. The molecule has 2 amide bonds. The van der Waals surface area contributed by atoms with E-state index in [9.17, 15) is 14.7 Å². The summed E-state index contributed by atoms with van der Waals surface area (Å²) in [6.45, 7) is 5.07. The molecule has 3 N–H and O–H groups in total. The summed E-state index contributed by atoms with van der Waals surface area (Å²) in [5.74, 6) is -0.570. The van der Waals surface area contributed by atoms with Gasteiger partial charge in [0.1, 0.15) is 5.54 Å². The van der Waals surface area contributed by atoms with Crippen molar-refractivity contribution in [2.75, 3.05) is 31.2 Å². The summed E-state index contributed by atoms with van der Waals surface area (Å²) in [4.78, 5) is 30.2. The first kappa shape index (κ1) is 37.6. The van der Waals surface area contributed by atoms with Crippen LogP contribution in [0.1, 0.15) is 54.4 Å². The quantitative estimate of drug-likeness (QED) is 0.157. The van der Waals surface area contributed by atoms with Crippen LogP contribution in [-0.4, -0.2) is 63.6 Å². The van der Waals surface area contributed by atoms with Crippen molar-refractivity contribution in [3.8, 4) is 11.1 Å². The number of hydrogen-bond donors (Lipinski definition) is 3. The van der Waals surface area contributed by atoms with Crippen molar-refractivity contribution in [3.05, 3.63) is 125 Å². The van der Waals surface area contributed by atoms with Crippen molar-refractivity contribution in [1.82, 2.24) is 15.5 Å². The van der Waals surface area contributed by atoms with Crippen molar-refractivity contribution in [1.29, 1.82) is 0 Å². The Labute approximate surface area is 325 Å². The molecule has 4 aromatic rings. The fraction of sp³-hybridized carbons (Fsp3) is 0.366. The smallest absolute Gasteiger partial charge is 0.272 e. The molecule has 3 aliphatic rings. The maximum atomic E-state index is 13.3. The van der Waals surface area contributed by atoms with Crippen molar-refractivity contribution in [2.24, 2.45) is 5.92 Å². The normalized spacial score (nSPS) is 23.2. The maximum absolute atomic E-state index is 13.3. The van der Waals surface area contributed by atoms with E-state index in [1.807, 2.05) is 91.0 Å². The highest BCUT2D eigenvalue weighted by molar-refractivity contribution is 6.76. The minimum atomic E-state index is -2.04. The van der Waals surface area contributed by atoms with Gasteiger partial charge >= 0.3 is 0 Å². The summed E-state index contributed by atoms with van der Waals surface area (Å²) in [6.07, 6.45) is 0.404. The molecule has 278 valence electrons. The molecule has 12 heteroatoms. The number of aliphatic hydroxyl groups is 1. The molecular weight excluding hydrogens is 735 g/mol. The van der Waals surface area contributed by atoms with Crippen LogP contribution >= 0.6 is 34.8 Å². The molecule has 3 aliphatic heterocycles. The number of aliphatic hydroxyl groups excluding tert-OH is 1. The summed E-state index contributed by atoms with van der Waals surface area (Å²) in [5.41, 5.74) is 6.00. The van der Waals surface area contributed by atoms with Gasteiger partial charge in [0.25, 0.3) is 9.70 Å². The molecule has 3 heterocycles. The van der Waals surface area contributed by atoms with E-state index in [1.54, 1.807) is 0 Å². The molecule has 0 aromatic heterocycles. The van der Waals surface area contributed by atoms with Crippen molar-refractivity contribution in [2.45, 2.75) is 60.7 Å². The lowest BCUT2D eigenvalue weighted by Gasteiger charge is -2.46. The molecule has 0 bridgehead atoms. The number of para-hydroxylation sites is 1. The molecule has 0 radical (unpaired) electrons. The highest BCUT2D eigenvalue weighted by atomic mass is 35.6. The predicted octanol–water partition coefficient (Wildman–Crippen LogP) is 7.05. The summed E-state index contributed by atoms with van der Waals surface area (Å²) in [7, 11) is 0. The summed E-state index contributed by atoms with van der Waals surface area (Å²) < 4.78 is 11.5. The number of hydrogen-bond acceptors (Lipinski definition) is 7. The van der Waals surface area contributed by atoms with E-state index in [4.69, 9.17) is 44.3 Å². The van der Waals surface area contributed by atoms with Crippen LogP contribution in [0.25, 0.3) is 11.1 Å². The number of halogens is 3. The maximum Gasteiger partial charge on any atom is 0.272 e. The van der Waals surface area contributed by atoms with Crippen LogP contribution in [0.3, 0.4) is 0 Å². The third kappa shape index (κ3) is 8.08. The van der Waals surface area contributed by atoms with Gasteiger partial charge in [-0.1, -0.05) is 133 Å². The summed E-state index contributed by atoms with van der Waals surface area (Å²) >= 11 is 17.3. The van der Waals surface area contributed by atoms with Crippen LogP contribution in [0.15, 0.2) is 103 Å². The van der Waals surface area contributed by atoms with Gasteiger partial charge in [0.15, 0.2) is 6.29 Å². The van der Waals surface area contributed by atoms with Crippen LogP contribution < -0.4 is 15.5 Å². The molecule has 4 unspecified atom stereocenters. The number of carbonyl (C=O) groups excluding carboxylic acids is 2. The average molecular weight is 778 g/mol. The van der Waals surface area contributed by atoms with Crippen LogP contribution in [0.4, 0.5) is 5.69 Å². The van der Waals surface area contributed by atoms with Gasteiger partial charge in [-0.3, -0.25) is 9.59 Å². The molecule has 7 rings (SSSR count). The molecule has 4 atom stereocenters. The zero-order valence-corrected chi connectivity index (χ0v) is 31.7. The Bertz CT molecular complexity index is 1880. The highest BCUT2D eigenvalue weighted by Crippen LogP contribution is 2.43. The van der Waals surface area contributed by atoms with E-state index in [1.165, 1.54) is 0 Å². The predicted molar refractivity (Wildman–Crippen MR) is 207 cm³/mol. The van der Waals surface area contributed by atoms with Gasteiger partial charge in [0.2, 0.25) is 5.91 Å². The van der Waals surface area contributed by atoms with Gasteiger partial charge in [-0.2, -0.15) is 0 Å². The summed E-state index contributed by atoms with van der Waals surface area (Å²) in [5, 5.41) is 15.5. The molecule has 53 heavy (non-hydrogen) atoms. The average Bonchev–Trinajstić information content (AvgIpc) is 3.49. The Hall–Kier alpha value is -3.67. The Morgan fingerprint density at radius 2 is 1.57 bits per heavy atom. The second-order valence-corrected chi connectivity index (χ2v) is 16.3. The Morgan fingerprint density at radius 3 is 2.25 bits per heavy atom. The first-order valence-corrected chi connectivity index (χ1v) is 19.1. The van der Waals surface area contributed by atoms with E-state index in [2.05, 4.69) is 39.5 Å². The Morgan fingerprint density at radius 1 is 0.906 bits per heavy atom. The number of anilines is 1. The minimum Gasteiger partial charge on any atom is -0.392 e. The summed E-state index contributed by atoms with van der Waals surface area (Å²) in [6, 6.07) is 33.9. The van der Waals surface area contributed by atoms with Crippen LogP contribution in [0, 0.1) is 5.92 Å².